The van der Waals surface area contributed by atoms with Crippen molar-refractivity contribution >= 4 is 11.7 Å². The van der Waals surface area contributed by atoms with Crippen molar-refractivity contribution in [1.82, 2.24) is 9.88 Å². The minimum Gasteiger partial charge on any atom is -0.320 e. The molecule has 0 spiro atoms. The molecule has 8 heteroatoms. The number of amides is 1. The van der Waals surface area contributed by atoms with Crippen LogP contribution in [0.2, 0.25) is 0 Å². The molecule has 5 nitrogen and oxygen atoms in total. The third kappa shape index (κ3) is 4.80. The molecule has 1 aliphatic rings. The predicted molar refractivity (Wildman–Crippen MR) is 97.7 cm³/mol. The zero-order chi connectivity index (χ0) is 21.0. The summed E-state index contributed by atoms with van der Waals surface area (Å²) in [4.78, 5) is 29.7. The van der Waals surface area contributed by atoms with Crippen LogP contribution >= 0.6 is 0 Å². The zero-order valence-corrected chi connectivity index (χ0v) is 15.4. The summed E-state index contributed by atoms with van der Waals surface area (Å²) in [5.41, 5.74) is 1.22. The van der Waals surface area contributed by atoms with Crippen molar-refractivity contribution < 1.29 is 22.8 Å². The summed E-state index contributed by atoms with van der Waals surface area (Å²) in [6.45, 7) is -0.813. The van der Waals surface area contributed by atoms with Gasteiger partial charge >= 0.3 is 0 Å². The van der Waals surface area contributed by atoms with Crippen LogP contribution in [-0.2, 0) is 11.2 Å². The highest BCUT2D eigenvalue weighted by Crippen LogP contribution is 2.32. The first-order chi connectivity index (χ1) is 13.8. The van der Waals surface area contributed by atoms with E-state index in [0.29, 0.717) is 16.7 Å². The van der Waals surface area contributed by atoms with Crippen molar-refractivity contribution in [2.45, 2.75) is 37.6 Å². The number of pyridine rings is 1. The van der Waals surface area contributed by atoms with Crippen LogP contribution in [0.25, 0.3) is 0 Å². The number of carbonyl (C=O) groups is 2. The van der Waals surface area contributed by atoms with Gasteiger partial charge in [-0.25, -0.2) is 13.2 Å². The predicted octanol–water partition coefficient (Wildman–Crippen LogP) is 3.53. The number of ketones is 1. The van der Waals surface area contributed by atoms with Gasteiger partial charge in [0.15, 0.2) is 5.78 Å². The maximum Gasteiger partial charge on any atom is 0.268 e. The van der Waals surface area contributed by atoms with Crippen molar-refractivity contribution in [3.8, 4) is 6.07 Å². The average Bonchev–Trinajstić information content (AvgIpc) is 3.03. The summed E-state index contributed by atoms with van der Waals surface area (Å²) in [6, 6.07) is 8.19. The molecule has 1 aromatic carbocycles. The molecule has 3 rings (SSSR count). The number of nitriles is 1. The number of carbonyl (C=O) groups excluding carboxylic acids is 2. The Morgan fingerprint density at radius 3 is 2.69 bits per heavy atom. The second kappa shape index (κ2) is 8.43. The molecule has 1 atom stereocenters. The summed E-state index contributed by atoms with van der Waals surface area (Å²) in [5.74, 6) is -4.53. The third-order valence-corrected chi connectivity index (χ3v) is 4.85. The van der Waals surface area contributed by atoms with E-state index in [-0.39, 0.29) is 25.0 Å². The minimum absolute atomic E-state index is 0.157. The zero-order valence-electron chi connectivity index (χ0n) is 15.4. The van der Waals surface area contributed by atoms with Crippen LogP contribution in [0.4, 0.5) is 13.2 Å². The molecule has 1 aliphatic heterocycles. The second-order valence-electron chi connectivity index (χ2n) is 6.95. The van der Waals surface area contributed by atoms with Crippen LogP contribution in [0.1, 0.15) is 40.7 Å². The van der Waals surface area contributed by atoms with Gasteiger partial charge in [-0.05, 0) is 23.3 Å². The number of nitrogens with zero attached hydrogens (tertiary/aromatic N) is 3. The van der Waals surface area contributed by atoms with E-state index in [2.05, 4.69) is 4.98 Å². The molecule has 0 N–H and O–H groups in total. The Hall–Kier alpha value is -3.21. The van der Waals surface area contributed by atoms with Crippen molar-refractivity contribution in [2.75, 3.05) is 6.54 Å². The smallest absolute Gasteiger partial charge is 0.268 e. The average molecular weight is 401 g/mol. The molecule has 0 radical (unpaired) electrons. The molecular formula is C21H18F3N3O2. The highest BCUT2D eigenvalue weighted by Gasteiger charge is 2.47. The Labute approximate surface area is 165 Å². The number of hydrogen-bond donors (Lipinski definition) is 0. The van der Waals surface area contributed by atoms with Crippen LogP contribution < -0.4 is 0 Å². The summed E-state index contributed by atoms with van der Waals surface area (Å²) >= 11 is 0. The van der Waals surface area contributed by atoms with Gasteiger partial charge < -0.3 is 4.90 Å². The van der Waals surface area contributed by atoms with Crippen molar-refractivity contribution in [1.29, 1.82) is 5.26 Å². The maximum absolute atomic E-state index is 13.9. The lowest BCUT2D eigenvalue weighted by atomic mass is 9.97. The van der Waals surface area contributed by atoms with Crippen molar-refractivity contribution in [3.05, 3.63) is 65.2 Å². The lowest BCUT2D eigenvalue weighted by molar-refractivity contribution is -0.132. The Morgan fingerprint density at radius 1 is 1.21 bits per heavy atom. The van der Waals surface area contributed by atoms with E-state index in [1.807, 2.05) is 0 Å². The number of halogens is 3. The molecule has 1 saturated heterocycles. The first kappa shape index (κ1) is 20.5. The lowest BCUT2D eigenvalue weighted by Crippen LogP contribution is -2.36. The molecule has 29 heavy (non-hydrogen) atoms. The van der Waals surface area contributed by atoms with E-state index in [9.17, 15) is 22.8 Å². The number of Topliss-reactive ketones (excluding diaryl/α,β-unsaturated/α-hetero) is 1. The van der Waals surface area contributed by atoms with Crippen molar-refractivity contribution in [2.24, 2.45) is 0 Å². The van der Waals surface area contributed by atoms with Crippen LogP contribution in [0.15, 0.2) is 42.7 Å². The van der Waals surface area contributed by atoms with Crippen LogP contribution in [0.3, 0.4) is 0 Å². The van der Waals surface area contributed by atoms with Crippen LogP contribution in [0.5, 0.6) is 0 Å². The largest absolute Gasteiger partial charge is 0.320 e. The molecule has 2 aromatic rings. The standard InChI is InChI=1S/C21H18F3N3O2/c22-18-4-2-1-3-14(18)9-15-12-26-8-7-17(15)19(28)5-6-20(29)27-13-21(23,24)10-16(27)11-25/h1-4,7-8,12,16H,5-6,9-10,13H2/t16-/m0/s1. The van der Waals surface area contributed by atoms with E-state index in [1.54, 1.807) is 24.3 Å². The molecule has 1 amide bonds. The number of benzene rings is 1. The lowest BCUT2D eigenvalue weighted by Gasteiger charge is -2.19. The quantitative estimate of drug-likeness (QED) is 0.694. The molecule has 2 heterocycles. The highest BCUT2D eigenvalue weighted by atomic mass is 19.3. The van der Waals surface area contributed by atoms with Gasteiger partial charge in [0.2, 0.25) is 5.91 Å². The molecule has 0 saturated carbocycles. The third-order valence-electron chi connectivity index (χ3n) is 4.85. The maximum atomic E-state index is 13.9. The highest BCUT2D eigenvalue weighted by molar-refractivity contribution is 5.99. The van der Waals surface area contributed by atoms with Crippen molar-refractivity contribution in [3.63, 3.8) is 0 Å². The summed E-state index contributed by atoms with van der Waals surface area (Å²) in [7, 11) is 0. The normalized spacial score (nSPS) is 17.7. The van der Waals surface area contributed by atoms with Gasteiger partial charge in [0, 0.05) is 43.6 Å². The summed E-state index contributed by atoms with van der Waals surface area (Å²) in [5, 5.41) is 8.99. The Kier molecular flexibility index (Phi) is 5.97. The fourth-order valence-corrected chi connectivity index (χ4v) is 3.38. The number of alkyl halides is 2. The van der Waals surface area contributed by atoms with Gasteiger partial charge in [-0.15, -0.1) is 0 Å². The van der Waals surface area contributed by atoms with Gasteiger partial charge in [0.1, 0.15) is 11.9 Å². The summed E-state index contributed by atoms with van der Waals surface area (Å²) in [6.07, 6.45) is 1.87. The summed E-state index contributed by atoms with van der Waals surface area (Å²) < 4.78 is 40.9. The molecule has 0 aliphatic carbocycles. The molecule has 1 fully saturated rings. The Morgan fingerprint density at radius 2 is 1.97 bits per heavy atom. The Bertz CT molecular complexity index is 972. The van der Waals surface area contributed by atoms with Gasteiger partial charge in [0.25, 0.3) is 5.92 Å². The first-order valence-electron chi connectivity index (χ1n) is 9.07. The number of rotatable bonds is 6. The molecule has 0 bridgehead atoms. The SMILES string of the molecule is N#C[C@@H]1CC(F)(F)CN1C(=O)CCC(=O)c1ccncc1Cc1ccccc1F. The topological polar surface area (TPSA) is 74.1 Å². The van der Waals surface area contributed by atoms with Gasteiger partial charge in [-0.3, -0.25) is 14.6 Å². The molecule has 1 aromatic heterocycles. The molecule has 150 valence electrons. The van der Waals surface area contributed by atoms with E-state index in [0.717, 1.165) is 4.90 Å². The number of likely N-dealkylation sites (tertiary alicyclic amines) is 1. The van der Waals surface area contributed by atoms with Gasteiger partial charge in [-0.1, -0.05) is 18.2 Å². The molecular weight excluding hydrogens is 383 g/mol. The number of aromatic nitrogens is 1. The van der Waals surface area contributed by atoms with Crippen LogP contribution in [-0.4, -0.2) is 40.1 Å². The van der Waals surface area contributed by atoms with E-state index >= 15 is 0 Å². The fourth-order valence-electron chi connectivity index (χ4n) is 3.38. The monoisotopic (exact) mass is 401 g/mol. The molecule has 0 unspecified atom stereocenters. The van der Waals surface area contributed by atoms with Crippen LogP contribution in [0, 0.1) is 17.1 Å². The minimum atomic E-state index is -3.10. The van der Waals surface area contributed by atoms with Gasteiger partial charge in [-0.2, -0.15) is 5.26 Å². The van der Waals surface area contributed by atoms with E-state index in [4.69, 9.17) is 5.26 Å². The second-order valence-corrected chi connectivity index (χ2v) is 6.95. The van der Waals surface area contributed by atoms with E-state index < -0.39 is 36.7 Å². The van der Waals surface area contributed by atoms with Gasteiger partial charge in [0.05, 0.1) is 12.6 Å². The fraction of sp³-hybridized carbons (Fsp3) is 0.333. The number of hydrogen-bond acceptors (Lipinski definition) is 4. The Balaban J connectivity index is 1.68. The first-order valence-corrected chi connectivity index (χ1v) is 9.07. The van der Waals surface area contributed by atoms with E-state index in [1.165, 1.54) is 24.5 Å².